The van der Waals surface area contributed by atoms with E-state index in [-0.39, 0.29) is 12.5 Å². The molecule has 1 aliphatic rings. The lowest BCUT2D eigenvalue weighted by Gasteiger charge is -2.42. The second-order valence-corrected chi connectivity index (χ2v) is 4.10. The summed E-state index contributed by atoms with van der Waals surface area (Å²) >= 11 is 0. The van der Waals surface area contributed by atoms with Gasteiger partial charge in [-0.3, -0.25) is 9.69 Å². The van der Waals surface area contributed by atoms with Crippen LogP contribution in [0.4, 0.5) is 0 Å². The van der Waals surface area contributed by atoms with Crippen molar-refractivity contribution in [2.75, 3.05) is 33.9 Å². The van der Waals surface area contributed by atoms with Crippen LogP contribution in [0.15, 0.2) is 0 Å². The van der Waals surface area contributed by atoms with Gasteiger partial charge in [0.25, 0.3) is 0 Å². The molecule has 0 N–H and O–H groups in total. The Bertz CT molecular complexity index is 196. The number of likely N-dealkylation sites (N-methyl/N-ethyl adjacent to an activating group) is 1. The second kappa shape index (κ2) is 4.75. The summed E-state index contributed by atoms with van der Waals surface area (Å²) in [6.07, 6.45) is 0. The summed E-state index contributed by atoms with van der Waals surface area (Å²) in [7, 11) is 3.66. The smallest absolute Gasteiger partial charge is 0.248 e. The lowest BCUT2D eigenvalue weighted by atomic mass is 10.1. The molecule has 4 heteroatoms. The van der Waals surface area contributed by atoms with E-state index in [4.69, 9.17) is 4.74 Å². The normalized spacial score (nSPS) is 29.3. The van der Waals surface area contributed by atoms with Crippen LogP contribution in [0.2, 0.25) is 0 Å². The van der Waals surface area contributed by atoms with Gasteiger partial charge < -0.3 is 9.64 Å². The number of piperazine rings is 1. The van der Waals surface area contributed by atoms with Crippen LogP contribution in [-0.2, 0) is 9.53 Å². The first-order chi connectivity index (χ1) is 6.56. The van der Waals surface area contributed by atoms with E-state index in [1.165, 1.54) is 0 Å². The molecular formula is C10H20N2O2. The summed E-state index contributed by atoms with van der Waals surface area (Å²) in [6, 6.07) is 0.860. The van der Waals surface area contributed by atoms with Gasteiger partial charge in [0.15, 0.2) is 0 Å². The third kappa shape index (κ3) is 2.45. The molecule has 1 heterocycles. The largest absolute Gasteiger partial charge is 0.375 e. The van der Waals surface area contributed by atoms with Gasteiger partial charge in [0.1, 0.15) is 6.61 Å². The Kier molecular flexibility index (Phi) is 3.89. The molecule has 0 bridgehead atoms. The third-order valence-corrected chi connectivity index (χ3v) is 2.98. The summed E-state index contributed by atoms with van der Waals surface area (Å²) in [6.45, 7) is 6.10. The number of rotatable bonds is 2. The van der Waals surface area contributed by atoms with Crippen LogP contribution in [-0.4, -0.2) is 61.6 Å². The molecule has 0 aromatic rings. The lowest BCUT2D eigenvalue weighted by Crippen LogP contribution is -2.57. The Morgan fingerprint density at radius 2 is 1.86 bits per heavy atom. The maximum absolute atomic E-state index is 11.6. The molecule has 82 valence electrons. The SMILES string of the molecule is COCC(=O)N1CC(C)N(C)C(C)C1. The maximum Gasteiger partial charge on any atom is 0.248 e. The molecule has 1 saturated heterocycles. The van der Waals surface area contributed by atoms with Crippen molar-refractivity contribution in [3.05, 3.63) is 0 Å². The van der Waals surface area contributed by atoms with Gasteiger partial charge in [0.2, 0.25) is 5.91 Å². The lowest BCUT2D eigenvalue weighted by molar-refractivity contribution is -0.139. The number of nitrogens with zero attached hydrogens (tertiary/aromatic N) is 2. The van der Waals surface area contributed by atoms with Crippen LogP contribution in [0.1, 0.15) is 13.8 Å². The first-order valence-electron chi connectivity index (χ1n) is 5.05. The Balaban J connectivity index is 2.53. The van der Waals surface area contributed by atoms with Crippen LogP contribution >= 0.6 is 0 Å². The van der Waals surface area contributed by atoms with Crippen LogP contribution in [0.5, 0.6) is 0 Å². The zero-order valence-corrected chi connectivity index (χ0v) is 9.49. The van der Waals surface area contributed by atoms with Crippen molar-refractivity contribution in [1.29, 1.82) is 0 Å². The minimum absolute atomic E-state index is 0.0966. The van der Waals surface area contributed by atoms with Crippen molar-refractivity contribution in [1.82, 2.24) is 9.80 Å². The highest BCUT2D eigenvalue weighted by molar-refractivity contribution is 5.77. The fourth-order valence-corrected chi connectivity index (χ4v) is 1.82. The number of carbonyl (C=O) groups excluding carboxylic acids is 1. The van der Waals surface area contributed by atoms with Gasteiger partial charge in [-0.25, -0.2) is 0 Å². The zero-order valence-electron chi connectivity index (χ0n) is 9.49. The van der Waals surface area contributed by atoms with Crippen molar-refractivity contribution < 1.29 is 9.53 Å². The molecule has 0 aromatic heterocycles. The number of methoxy groups -OCH3 is 1. The highest BCUT2D eigenvalue weighted by Gasteiger charge is 2.28. The quantitative estimate of drug-likeness (QED) is 0.637. The zero-order chi connectivity index (χ0) is 10.7. The Morgan fingerprint density at radius 1 is 1.36 bits per heavy atom. The molecule has 0 radical (unpaired) electrons. The first kappa shape index (κ1) is 11.5. The fraction of sp³-hybridized carbons (Fsp3) is 0.900. The Labute approximate surface area is 85.8 Å². The Hall–Kier alpha value is -0.610. The maximum atomic E-state index is 11.6. The van der Waals surface area contributed by atoms with Gasteiger partial charge in [0.05, 0.1) is 0 Å². The molecule has 0 spiro atoms. The van der Waals surface area contributed by atoms with Gasteiger partial charge in [-0.2, -0.15) is 0 Å². The molecule has 2 unspecified atom stereocenters. The van der Waals surface area contributed by atoms with E-state index in [9.17, 15) is 4.79 Å². The molecule has 1 fully saturated rings. The predicted molar refractivity (Wildman–Crippen MR) is 55.1 cm³/mol. The van der Waals surface area contributed by atoms with Crippen molar-refractivity contribution in [3.63, 3.8) is 0 Å². The van der Waals surface area contributed by atoms with Crippen molar-refractivity contribution in [2.24, 2.45) is 0 Å². The van der Waals surface area contributed by atoms with Crippen molar-refractivity contribution in [3.8, 4) is 0 Å². The standard InChI is InChI=1S/C10H20N2O2/c1-8-5-12(10(13)7-14-4)6-9(2)11(8)3/h8-9H,5-7H2,1-4H3. The van der Waals surface area contributed by atoms with Crippen LogP contribution < -0.4 is 0 Å². The van der Waals surface area contributed by atoms with E-state index in [2.05, 4.69) is 25.8 Å². The third-order valence-electron chi connectivity index (χ3n) is 2.98. The number of carbonyl (C=O) groups is 1. The summed E-state index contributed by atoms with van der Waals surface area (Å²) < 4.78 is 4.85. The monoisotopic (exact) mass is 200 g/mol. The van der Waals surface area contributed by atoms with E-state index in [0.717, 1.165) is 13.1 Å². The summed E-state index contributed by atoms with van der Waals surface area (Å²) in [4.78, 5) is 15.8. The van der Waals surface area contributed by atoms with E-state index < -0.39 is 0 Å². The van der Waals surface area contributed by atoms with E-state index in [1.807, 2.05) is 4.90 Å². The average molecular weight is 200 g/mol. The molecule has 14 heavy (non-hydrogen) atoms. The number of ether oxygens (including phenoxy) is 1. The number of amides is 1. The van der Waals surface area contributed by atoms with Gasteiger partial charge in [0, 0.05) is 32.3 Å². The van der Waals surface area contributed by atoms with Crippen LogP contribution in [0.3, 0.4) is 0 Å². The van der Waals surface area contributed by atoms with Crippen LogP contribution in [0, 0.1) is 0 Å². The predicted octanol–water partition coefficient (Wildman–Crippen LogP) is 0.184. The van der Waals surface area contributed by atoms with Gasteiger partial charge in [-0.15, -0.1) is 0 Å². The minimum atomic E-state index is 0.0966. The van der Waals surface area contributed by atoms with Crippen LogP contribution in [0.25, 0.3) is 0 Å². The molecule has 1 rings (SSSR count). The highest BCUT2D eigenvalue weighted by Crippen LogP contribution is 2.13. The highest BCUT2D eigenvalue weighted by atomic mass is 16.5. The van der Waals surface area contributed by atoms with E-state index in [1.54, 1.807) is 7.11 Å². The average Bonchev–Trinajstić information content (AvgIpc) is 2.13. The molecule has 2 atom stereocenters. The van der Waals surface area contributed by atoms with E-state index >= 15 is 0 Å². The number of hydrogen-bond donors (Lipinski definition) is 0. The summed E-state index contributed by atoms with van der Waals surface area (Å²) in [5.74, 6) is 0.0966. The topological polar surface area (TPSA) is 32.8 Å². The summed E-state index contributed by atoms with van der Waals surface area (Å²) in [5.41, 5.74) is 0. The van der Waals surface area contributed by atoms with Gasteiger partial charge in [-0.05, 0) is 20.9 Å². The molecule has 4 nitrogen and oxygen atoms in total. The fourth-order valence-electron chi connectivity index (χ4n) is 1.82. The van der Waals surface area contributed by atoms with Crippen molar-refractivity contribution >= 4 is 5.91 Å². The minimum Gasteiger partial charge on any atom is -0.375 e. The second-order valence-electron chi connectivity index (χ2n) is 4.10. The number of hydrogen-bond acceptors (Lipinski definition) is 3. The molecule has 0 aromatic carbocycles. The molecule has 0 aliphatic carbocycles. The van der Waals surface area contributed by atoms with Gasteiger partial charge >= 0.3 is 0 Å². The first-order valence-corrected chi connectivity index (χ1v) is 5.05. The molecular weight excluding hydrogens is 180 g/mol. The Morgan fingerprint density at radius 3 is 2.29 bits per heavy atom. The van der Waals surface area contributed by atoms with Crippen molar-refractivity contribution in [2.45, 2.75) is 25.9 Å². The van der Waals surface area contributed by atoms with Gasteiger partial charge in [-0.1, -0.05) is 0 Å². The summed E-state index contributed by atoms with van der Waals surface area (Å²) in [5, 5.41) is 0. The molecule has 0 saturated carbocycles. The molecule has 1 amide bonds. The van der Waals surface area contributed by atoms with E-state index in [0.29, 0.717) is 12.1 Å². The molecule has 1 aliphatic heterocycles.